The summed E-state index contributed by atoms with van der Waals surface area (Å²) >= 11 is 0. The van der Waals surface area contributed by atoms with Crippen LogP contribution in [0.5, 0.6) is 0 Å². The molecular formula is C14H22O3. The van der Waals surface area contributed by atoms with Gasteiger partial charge in [-0.3, -0.25) is 4.79 Å². The fraction of sp³-hybridized carbons (Fsp3) is 0.500. The summed E-state index contributed by atoms with van der Waals surface area (Å²) in [5, 5.41) is 8.27. The number of ether oxygens (including phenoxy) is 1. The minimum Gasteiger partial charge on any atom is -0.481 e. The van der Waals surface area contributed by atoms with Gasteiger partial charge in [0.25, 0.3) is 0 Å². The normalized spacial score (nSPS) is 11.3. The van der Waals surface area contributed by atoms with Crippen LogP contribution in [0.25, 0.3) is 0 Å². The van der Waals surface area contributed by atoms with Crippen LogP contribution in [0, 0.1) is 13.8 Å². The Hall–Kier alpha value is -1.35. The van der Waals surface area contributed by atoms with Crippen LogP contribution in [0.1, 0.15) is 30.9 Å². The maximum atomic E-state index is 10.0. The number of carboxylic acid groups (broad SMARTS) is 1. The quantitative estimate of drug-likeness (QED) is 0.876. The molecule has 0 heterocycles. The Balaban J connectivity index is 0.000000302. The van der Waals surface area contributed by atoms with E-state index in [1.807, 2.05) is 6.92 Å². The molecule has 0 fully saturated rings. The summed E-state index contributed by atoms with van der Waals surface area (Å²) in [5.74, 6) is -0.802. The van der Waals surface area contributed by atoms with Crippen LogP contribution in [-0.2, 0) is 9.53 Å². The van der Waals surface area contributed by atoms with Gasteiger partial charge in [0.2, 0.25) is 0 Å². The average molecular weight is 238 g/mol. The Labute approximate surface area is 103 Å². The molecule has 1 aromatic carbocycles. The van der Waals surface area contributed by atoms with Gasteiger partial charge in [0, 0.05) is 7.11 Å². The largest absolute Gasteiger partial charge is 0.481 e. The predicted molar refractivity (Wildman–Crippen MR) is 69.3 cm³/mol. The van der Waals surface area contributed by atoms with Gasteiger partial charge in [-0.2, -0.15) is 0 Å². The number of carbonyl (C=O) groups is 1. The number of methoxy groups -OCH3 is 1. The highest BCUT2D eigenvalue weighted by Gasteiger charge is 2.08. The van der Waals surface area contributed by atoms with Crippen LogP contribution < -0.4 is 0 Å². The van der Waals surface area contributed by atoms with Crippen LogP contribution in [0.2, 0.25) is 0 Å². The van der Waals surface area contributed by atoms with E-state index in [1.54, 1.807) is 0 Å². The van der Waals surface area contributed by atoms with Gasteiger partial charge in [-0.1, -0.05) is 31.2 Å². The van der Waals surface area contributed by atoms with Gasteiger partial charge in [-0.05, 0) is 31.4 Å². The van der Waals surface area contributed by atoms with Gasteiger partial charge < -0.3 is 9.84 Å². The Morgan fingerprint density at radius 2 is 1.76 bits per heavy atom. The van der Waals surface area contributed by atoms with E-state index in [2.05, 4.69) is 38.1 Å². The lowest BCUT2D eigenvalue weighted by Gasteiger charge is -2.07. The number of aliphatic carboxylic acids is 1. The fourth-order valence-corrected chi connectivity index (χ4v) is 1.25. The van der Waals surface area contributed by atoms with Crippen molar-refractivity contribution in [2.75, 3.05) is 7.11 Å². The number of hydrogen-bond donors (Lipinski definition) is 1. The monoisotopic (exact) mass is 238 g/mol. The molecule has 0 aliphatic heterocycles. The molecule has 0 radical (unpaired) electrons. The van der Waals surface area contributed by atoms with Crippen molar-refractivity contribution in [3.63, 3.8) is 0 Å². The second-order valence-corrected chi connectivity index (χ2v) is 3.95. The van der Waals surface area contributed by atoms with E-state index in [0.29, 0.717) is 0 Å². The lowest BCUT2D eigenvalue weighted by molar-refractivity contribution is -0.139. The first-order valence-electron chi connectivity index (χ1n) is 5.78. The number of carboxylic acids is 1. The van der Waals surface area contributed by atoms with Gasteiger partial charge >= 0.3 is 5.97 Å². The minimum atomic E-state index is -0.802. The summed E-state index contributed by atoms with van der Waals surface area (Å²) in [4.78, 5) is 10.0. The molecule has 3 nitrogen and oxygen atoms in total. The van der Waals surface area contributed by atoms with Gasteiger partial charge in [-0.25, -0.2) is 0 Å². The molecule has 1 N–H and O–H groups in total. The van der Waals surface area contributed by atoms with E-state index in [4.69, 9.17) is 9.84 Å². The maximum Gasteiger partial charge on any atom is 0.305 e. The molecule has 0 aromatic heterocycles. The summed E-state index contributed by atoms with van der Waals surface area (Å²) in [6.45, 7) is 6.14. The predicted octanol–water partition coefficient (Wildman–Crippen LogP) is 3.19. The molecule has 0 aliphatic rings. The molecule has 3 heteroatoms. The van der Waals surface area contributed by atoms with Crippen molar-refractivity contribution in [3.05, 3.63) is 35.4 Å². The molecule has 0 spiro atoms. The Kier molecular flexibility index (Phi) is 8.07. The lowest BCUT2D eigenvalue weighted by atomic mass is 10.1. The van der Waals surface area contributed by atoms with Gasteiger partial charge in [0.15, 0.2) is 0 Å². The van der Waals surface area contributed by atoms with Gasteiger partial charge in [0.05, 0.1) is 12.5 Å². The number of benzene rings is 1. The van der Waals surface area contributed by atoms with E-state index < -0.39 is 5.97 Å². The molecule has 1 unspecified atom stereocenters. The Bertz CT molecular complexity index is 309. The fourth-order valence-electron chi connectivity index (χ4n) is 1.25. The third kappa shape index (κ3) is 7.53. The topological polar surface area (TPSA) is 46.5 Å². The van der Waals surface area contributed by atoms with Crippen molar-refractivity contribution in [3.8, 4) is 0 Å². The van der Waals surface area contributed by atoms with E-state index in [-0.39, 0.29) is 12.5 Å². The second kappa shape index (κ2) is 8.76. The van der Waals surface area contributed by atoms with E-state index in [9.17, 15) is 4.79 Å². The molecule has 0 saturated heterocycles. The number of aryl methyl sites for hydroxylation is 2. The first kappa shape index (κ1) is 15.7. The number of rotatable bonds is 4. The molecule has 1 rings (SSSR count). The zero-order valence-corrected chi connectivity index (χ0v) is 11.1. The van der Waals surface area contributed by atoms with Gasteiger partial charge in [-0.15, -0.1) is 0 Å². The lowest BCUT2D eigenvalue weighted by Crippen LogP contribution is -2.14. The van der Waals surface area contributed by atoms with Crippen molar-refractivity contribution in [2.24, 2.45) is 0 Å². The summed E-state index contributed by atoms with van der Waals surface area (Å²) in [6.07, 6.45) is 0.734. The highest BCUT2D eigenvalue weighted by molar-refractivity contribution is 5.67. The van der Waals surface area contributed by atoms with Crippen molar-refractivity contribution in [2.45, 2.75) is 39.7 Å². The number of hydrogen-bond acceptors (Lipinski definition) is 2. The molecule has 96 valence electrons. The third-order valence-corrected chi connectivity index (χ3v) is 2.62. The SMILES string of the molecule is CCC(CC(=O)O)OC.Cc1ccccc1C. The zero-order chi connectivity index (χ0) is 13.3. The highest BCUT2D eigenvalue weighted by atomic mass is 16.5. The summed E-state index contributed by atoms with van der Waals surface area (Å²) < 4.78 is 4.83. The van der Waals surface area contributed by atoms with Gasteiger partial charge in [0.1, 0.15) is 0 Å². The molecule has 0 saturated carbocycles. The third-order valence-electron chi connectivity index (χ3n) is 2.62. The van der Waals surface area contributed by atoms with Crippen molar-refractivity contribution < 1.29 is 14.6 Å². The molecule has 17 heavy (non-hydrogen) atoms. The van der Waals surface area contributed by atoms with Crippen LogP contribution in [-0.4, -0.2) is 24.3 Å². The van der Waals surface area contributed by atoms with Crippen molar-refractivity contribution >= 4 is 5.97 Å². The smallest absolute Gasteiger partial charge is 0.305 e. The first-order valence-corrected chi connectivity index (χ1v) is 5.78. The standard InChI is InChI=1S/C8H10.C6H12O3/c1-7-5-3-4-6-8(7)2;1-3-5(9-2)4-6(7)8/h3-6H,1-2H3;5H,3-4H2,1-2H3,(H,7,8). The Morgan fingerprint density at radius 3 is 1.94 bits per heavy atom. The molecule has 1 aromatic rings. The van der Waals surface area contributed by atoms with E-state index >= 15 is 0 Å². The minimum absolute atomic E-state index is 0.104. The van der Waals surface area contributed by atoms with E-state index in [0.717, 1.165) is 6.42 Å². The summed E-state index contributed by atoms with van der Waals surface area (Å²) in [5.41, 5.74) is 2.74. The summed E-state index contributed by atoms with van der Waals surface area (Å²) in [7, 11) is 1.52. The Morgan fingerprint density at radius 1 is 1.29 bits per heavy atom. The zero-order valence-electron chi connectivity index (χ0n) is 11.1. The highest BCUT2D eigenvalue weighted by Crippen LogP contribution is 2.02. The summed E-state index contributed by atoms with van der Waals surface area (Å²) in [6, 6.07) is 8.36. The second-order valence-electron chi connectivity index (χ2n) is 3.95. The van der Waals surface area contributed by atoms with Crippen LogP contribution in [0.15, 0.2) is 24.3 Å². The van der Waals surface area contributed by atoms with Crippen LogP contribution in [0.4, 0.5) is 0 Å². The first-order chi connectivity index (χ1) is 8.01. The molecule has 0 aliphatic carbocycles. The molecule has 1 atom stereocenters. The van der Waals surface area contributed by atoms with Crippen LogP contribution in [0.3, 0.4) is 0 Å². The van der Waals surface area contributed by atoms with Crippen molar-refractivity contribution in [1.29, 1.82) is 0 Å². The average Bonchev–Trinajstić information content (AvgIpc) is 2.30. The maximum absolute atomic E-state index is 10.0. The van der Waals surface area contributed by atoms with E-state index in [1.165, 1.54) is 18.2 Å². The molecular weight excluding hydrogens is 216 g/mol. The molecule has 0 amide bonds. The van der Waals surface area contributed by atoms with Crippen molar-refractivity contribution in [1.82, 2.24) is 0 Å². The van der Waals surface area contributed by atoms with Crippen LogP contribution >= 0.6 is 0 Å². The molecule has 0 bridgehead atoms.